The Morgan fingerprint density at radius 1 is 1.29 bits per heavy atom. The number of benzene rings is 1. The molecule has 17 heavy (non-hydrogen) atoms. The first-order valence-electron chi connectivity index (χ1n) is 5.90. The zero-order valence-corrected chi connectivity index (χ0v) is 10.4. The number of rotatable bonds is 2. The third kappa shape index (κ3) is 2.58. The number of hydrogen-bond donors (Lipinski definition) is 1. The van der Waals surface area contributed by atoms with Gasteiger partial charge in [0.2, 0.25) is 5.91 Å². The van der Waals surface area contributed by atoms with E-state index in [1.165, 1.54) is 0 Å². The molecule has 0 saturated carbocycles. The fourth-order valence-electron chi connectivity index (χ4n) is 2.18. The summed E-state index contributed by atoms with van der Waals surface area (Å²) in [6, 6.07) is 7.85. The van der Waals surface area contributed by atoms with Crippen LogP contribution in [0, 0.1) is 0 Å². The maximum Gasteiger partial charge on any atom is 0.228 e. The molecular formula is C13H19N3O. The summed E-state index contributed by atoms with van der Waals surface area (Å²) in [6.45, 7) is 0.783. The van der Waals surface area contributed by atoms with Gasteiger partial charge >= 0.3 is 0 Å². The summed E-state index contributed by atoms with van der Waals surface area (Å²) < 4.78 is 0. The molecule has 1 aromatic rings. The normalized spacial score (nSPS) is 21.0. The molecule has 1 heterocycles. The highest BCUT2D eigenvalue weighted by atomic mass is 16.2. The van der Waals surface area contributed by atoms with Gasteiger partial charge in [0.25, 0.3) is 0 Å². The number of nitrogen functional groups attached to an aromatic ring is 1. The number of amides is 1. The van der Waals surface area contributed by atoms with Crippen LogP contribution in [0.1, 0.15) is 12.8 Å². The van der Waals surface area contributed by atoms with E-state index in [0.717, 1.165) is 24.3 Å². The molecule has 1 aliphatic rings. The van der Waals surface area contributed by atoms with Gasteiger partial charge in [-0.1, -0.05) is 0 Å². The van der Waals surface area contributed by atoms with Gasteiger partial charge in [0.15, 0.2) is 0 Å². The molecule has 2 N–H and O–H groups in total. The molecule has 0 aromatic heterocycles. The molecule has 0 bridgehead atoms. The van der Waals surface area contributed by atoms with E-state index in [-0.39, 0.29) is 5.91 Å². The summed E-state index contributed by atoms with van der Waals surface area (Å²) in [5.41, 5.74) is 7.31. The molecule has 0 aliphatic carbocycles. The van der Waals surface area contributed by atoms with Crippen molar-refractivity contribution in [2.45, 2.75) is 18.9 Å². The Kier molecular flexibility index (Phi) is 3.33. The molecule has 1 aliphatic heterocycles. The lowest BCUT2D eigenvalue weighted by atomic mass is 10.0. The van der Waals surface area contributed by atoms with Crippen molar-refractivity contribution in [1.82, 2.24) is 4.90 Å². The van der Waals surface area contributed by atoms with Crippen molar-refractivity contribution in [2.75, 3.05) is 31.3 Å². The topological polar surface area (TPSA) is 49.6 Å². The minimum Gasteiger partial charge on any atom is -0.399 e. The van der Waals surface area contributed by atoms with Gasteiger partial charge in [-0.3, -0.25) is 4.79 Å². The number of piperidine rings is 1. The summed E-state index contributed by atoms with van der Waals surface area (Å²) in [5, 5.41) is 0. The zero-order chi connectivity index (χ0) is 12.4. The summed E-state index contributed by atoms with van der Waals surface area (Å²) in [7, 11) is 4.05. The lowest BCUT2D eigenvalue weighted by molar-refractivity contribution is -0.120. The van der Waals surface area contributed by atoms with Crippen molar-refractivity contribution < 1.29 is 4.79 Å². The van der Waals surface area contributed by atoms with Gasteiger partial charge in [-0.25, -0.2) is 0 Å². The van der Waals surface area contributed by atoms with Crippen LogP contribution in [0.25, 0.3) is 0 Å². The van der Waals surface area contributed by atoms with Crippen LogP contribution in [0.5, 0.6) is 0 Å². The molecule has 1 fully saturated rings. The van der Waals surface area contributed by atoms with Crippen LogP contribution in [-0.4, -0.2) is 37.5 Å². The molecule has 0 radical (unpaired) electrons. The first-order chi connectivity index (χ1) is 8.08. The predicted molar refractivity (Wildman–Crippen MR) is 69.9 cm³/mol. The lowest BCUT2D eigenvalue weighted by Gasteiger charge is -2.34. The number of carbonyl (C=O) groups is 1. The number of anilines is 2. The van der Waals surface area contributed by atoms with Crippen molar-refractivity contribution in [1.29, 1.82) is 0 Å². The number of carbonyl (C=O) groups excluding carboxylic acids is 1. The van der Waals surface area contributed by atoms with Crippen LogP contribution in [0.2, 0.25) is 0 Å². The second kappa shape index (κ2) is 4.75. The summed E-state index contributed by atoms with van der Waals surface area (Å²) in [5.74, 6) is 0.194. The van der Waals surface area contributed by atoms with E-state index in [2.05, 4.69) is 4.90 Å². The maximum atomic E-state index is 12.1. The molecule has 1 atom stereocenters. The fraction of sp³-hybridized carbons (Fsp3) is 0.462. The Bertz CT molecular complexity index is 400. The van der Waals surface area contributed by atoms with Crippen LogP contribution in [0.15, 0.2) is 24.3 Å². The van der Waals surface area contributed by atoms with E-state index in [1.807, 2.05) is 43.3 Å². The van der Waals surface area contributed by atoms with Gasteiger partial charge in [-0.15, -0.1) is 0 Å². The summed E-state index contributed by atoms with van der Waals surface area (Å²) in [6.07, 6.45) is 1.61. The Labute approximate surface area is 102 Å². The fourth-order valence-corrected chi connectivity index (χ4v) is 2.18. The quantitative estimate of drug-likeness (QED) is 0.784. The third-order valence-corrected chi connectivity index (χ3v) is 3.33. The second-order valence-corrected chi connectivity index (χ2v) is 4.75. The minimum atomic E-state index is 0.194. The summed E-state index contributed by atoms with van der Waals surface area (Å²) >= 11 is 0. The lowest BCUT2D eigenvalue weighted by Crippen LogP contribution is -2.45. The van der Waals surface area contributed by atoms with Gasteiger partial charge in [0, 0.05) is 30.4 Å². The van der Waals surface area contributed by atoms with E-state index in [9.17, 15) is 4.79 Å². The Morgan fingerprint density at radius 3 is 2.47 bits per heavy atom. The molecule has 1 unspecified atom stereocenters. The van der Waals surface area contributed by atoms with Crippen molar-refractivity contribution >= 4 is 17.3 Å². The van der Waals surface area contributed by atoms with E-state index < -0.39 is 0 Å². The van der Waals surface area contributed by atoms with Gasteiger partial charge in [0.1, 0.15) is 0 Å². The Balaban J connectivity index is 2.09. The Morgan fingerprint density at radius 2 is 1.94 bits per heavy atom. The molecule has 2 rings (SSSR count). The number of nitrogens with zero attached hydrogens (tertiary/aromatic N) is 2. The SMILES string of the molecule is CN(C)C1CCN(c2ccc(N)cc2)C(=O)C1. The van der Waals surface area contributed by atoms with E-state index in [1.54, 1.807) is 0 Å². The predicted octanol–water partition coefficient (Wildman–Crippen LogP) is 1.33. The second-order valence-electron chi connectivity index (χ2n) is 4.75. The highest BCUT2D eigenvalue weighted by Gasteiger charge is 2.27. The Hall–Kier alpha value is -1.55. The van der Waals surface area contributed by atoms with Crippen molar-refractivity contribution in [2.24, 2.45) is 0 Å². The molecule has 4 nitrogen and oxygen atoms in total. The van der Waals surface area contributed by atoms with Crippen LogP contribution in [0.3, 0.4) is 0 Å². The molecule has 1 amide bonds. The number of hydrogen-bond acceptors (Lipinski definition) is 3. The van der Waals surface area contributed by atoms with Gasteiger partial charge in [-0.05, 0) is 44.8 Å². The average Bonchev–Trinajstić information content (AvgIpc) is 2.30. The van der Waals surface area contributed by atoms with Gasteiger partial charge in [-0.2, -0.15) is 0 Å². The van der Waals surface area contributed by atoms with Crippen LogP contribution in [0.4, 0.5) is 11.4 Å². The van der Waals surface area contributed by atoms with Crippen LogP contribution in [-0.2, 0) is 4.79 Å². The standard InChI is InChI=1S/C13H19N3O/c1-15(2)12-7-8-16(13(17)9-12)11-5-3-10(14)4-6-11/h3-6,12H,7-9,14H2,1-2H3. The largest absolute Gasteiger partial charge is 0.399 e. The average molecular weight is 233 g/mol. The van der Waals surface area contributed by atoms with E-state index in [4.69, 9.17) is 5.73 Å². The molecule has 0 spiro atoms. The highest BCUT2D eigenvalue weighted by molar-refractivity contribution is 5.94. The molecule has 1 saturated heterocycles. The molecular weight excluding hydrogens is 214 g/mol. The molecule has 4 heteroatoms. The van der Waals surface area contributed by atoms with Crippen molar-refractivity contribution in [3.8, 4) is 0 Å². The van der Waals surface area contributed by atoms with Crippen LogP contribution >= 0.6 is 0 Å². The summed E-state index contributed by atoms with van der Waals surface area (Å²) in [4.78, 5) is 16.0. The smallest absolute Gasteiger partial charge is 0.228 e. The molecule has 92 valence electrons. The van der Waals surface area contributed by atoms with Gasteiger partial charge < -0.3 is 15.5 Å². The number of nitrogens with two attached hydrogens (primary N) is 1. The van der Waals surface area contributed by atoms with E-state index in [0.29, 0.717) is 12.5 Å². The third-order valence-electron chi connectivity index (χ3n) is 3.33. The molecule has 1 aromatic carbocycles. The van der Waals surface area contributed by atoms with Crippen molar-refractivity contribution in [3.63, 3.8) is 0 Å². The van der Waals surface area contributed by atoms with Crippen LogP contribution < -0.4 is 10.6 Å². The monoisotopic (exact) mass is 233 g/mol. The maximum absolute atomic E-state index is 12.1. The highest BCUT2D eigenvalue weighted by Crippen LogP contribution is 2.23. The minimum absolute atomic E-state index is 0.194. The van der Waals surface area contributed by atoms with Gasteiger partial charge in [0.05, 0.1) is 0 Å². The zero-order valence-electron chi connectivity index (χ0n) is 10.4. The van der Waals surface area contributed by atoms with Crippen molar-refractivity contribution in [3.05, 3.63) is 24.3 Å². The van der Waals surface area contributed by atoms with E-state index >= 15 is 0 Å². The first-order valence-corrected chi connectivity index (χ1v) is 5.90. The first kappa shape index (κ1) is 11.9.